The van der Waals surface area contributed by atoms with E-state index in [1.807, 2.05) is 67.1 Å². The van der Waals surface area contributed by atoms with Crippen LogP contribution in [0.25, 0.3) is 32.7 Å². The summed E-state index contributed by atoms with van der Waals surface area (Å²) >= 11 is 0. The SMILES string of the molecule is c1ccc2[nH]ccc2c1.c1ccc2[nH]ccc2c1.c1ccc2ncccc2c1. The number of fused-ring (bicyclic) bond motifs is 3. The van der Waals surface area contributed by atoms with Gasteiger partial charge in [0.05, 0.1) is 5.52 Å². The first-order chi connectivity index (χ1) is 13.9. The molecule has 0 aliphatic rings. The molecule has 136 valence electrons. The van der Waals surface area contributed by atoms with Crippen LogP contribution in [0, 0.1) is 0 Å². The quantitative estimate of drug-likeness (QED) is 0.315. The molecule has 2 N–H and O–H groups in total. The van der Waals surface area contributed by atoms with E-state index in [-0.39, 0.29) is 0 Å². The molecule has 6 aromatic rings. The summed E-state index contributed by atoms with van der Waals surface area (Å²) in [6.07, 6.45) is 5.71. The minimum atomic E-state index is 1.06. The van der Waals surface area contributed by atoms with Gasteiger partial charge in [0.15, 0.2) is 0 Å². The second-order valence-electron chi connectivity index (χ2n) is 6.33. The zero-order chi connectivity index (χ0) is 19.0. The second kappa shape index (κ2) is 8.69. The van der Waals surface area contributed by atoms with E-state index in [1.54, 1.807) is 0 Å². The van der Waals surface area contributed by atoms with Gasteiger partial charge < -0.3 is 9.97 Å². The van der Waals surface area contributed by atoms with Crippen molar-refractivity contribution >= 4 is 32.7 Å². The largest absolute Gasteiger partial charge is 0.361 e. The number of hydrogen-bond donors (Lipinski definition) is 2. The van der Waals surface area contributed by atoms with Crippen LogP contribution in [-0.2, 0) is 0 Å². The van der Waals surface area contributed by atoms with E-state index in [1.165, 1.54) is 27.2 Å². The molecule has 3 aromatic carbocycles. The van der Waals surface area contributed by atoms with Gasteiger partial charge in [0.25, 0.3) is 0 Å². The predicted octanol–water partition coefficient (Wildman–Crippen LogP) is 6.57. The molecule has 0 radical (unpaired) electrons. The highest BCUT2D eigenvalue weighted by Crippen LogP contribution is 2.10. The minimum absolute atomic E-state index is 1.06. The van der Waals surface area contributed by atoms with Crippen molar-refractivity contribution in [3.8, 4) is 0 Å². The molecule has 6 rings (SSSR count). The third-order valence-electron chi connectivity index (χ3n) is 4.44. The molecule has 3 aromatic heterocycles. The first kappa shape index (κ1) is 17.6. The van der Waals surface area contributed by atoms with E-state index < -0.39 is 0 Å². The number of aromatic amines is 2. The van der Waals surface area contributed by atoms with Gasteiger partial charge in [-0.15, -0.1) is 0 Å². The number of rotatable bonds is 0. The lowest BCUT2D eigenvalue weighted by atomic mass is 10.2. The van der Waals surface area contributed by atoms with Gasteiger partial charge in [0.2, 0.25) is 0 Å². The fourth-order valence-corrected chi connectivity index (χ4v) is 3.01. The average molecular weight is 363 g/mol. The number of nitrogens with zero attached hydrogens (tertiary/aromatic N) is 1. The maximum Gasteiger partial charge on any atom is 0.0701 e. The Morgan fingerprint density at radius 1 is 0.464 bits per heavy atom. The van der Waals surface area contributed by atoms with Crippen molar-refractivity contribution in [2.24, 2.45) is 0 Å². The Kier molecular flexibility index (Phi) is 5.45. The Morgan fingerprint density at radius 2 is 0.964 bits per heavy atom. The number of hydrogen-bond acceptors (Lipinski definition) is 1. The van der Waals surface area contributed by atoms with E-state index in [9.17, 15) is 0 Å². The molecule has 3 heteroatoms. The van der Waals surface area contributed by atoms with Crippen LogP contribution in [0.2, 0.25) is 0 Å². The first-order valence-corrected chi connectivity index (χ1v) is 9.24. The second-order valence-corrected chi connectivity index (χ2v) is 6.33. The van der Waals surface area contributed by atoms with Crippen LogP contribution in [0.5, 0.6) is 0 Å². The molecule has 0 amide bonds. The molecule has 0 fully saturated rings. The molecule has 0 spiro atoms. The van der Waals surface area contributed by atoms with Crippen molar-refractivity contribution in [1.82, 2.24) is 15.0 Å². The third-order valence-corrected chi connectivity index (χ3v) is 4.44. The topological polar surface area (TPSA) is 44.5 Å². The highest BCUT2D eigenvalue weighted by molar-refractivity contribution is 5.79. The van der Waals surface area contributed by atoms with E-state index in [0.29, 0.717) is 0 Å². The third kappa shape index (κ3) is 4.27. The maximum absolute atomic E-state index is 4.18. The summed E-state index contributed by atoms with van der Waals surface area (Å²) in [5, 5.41) is 3.75. The van der Waals surface area contributed by atoms with Gasteiger partial charge in [0.1, 0.15) is 0 Å². The standard InChI is InChI=1S/C9H7N.2C8H7N/c1-2-6-9-8(4-1)5-3-7-10-9;2*1-2-4-8-7(3-1)5-6-9-8/h1-7H;2*1-6,9H. The predicted molar refractivity (Wildman–Crippen MR) is 118 cm³/mol. The Hall–Kier alpha value is -3.85. The number of benzene rings is 3. The Bertz CT molecular complexity index is 1090. The van der Waals surface area contributed by atoms with E-state index in [4.69, 9.17) is 0 Å². The maximum atomic E-state index is 4.18. The van der Waals surface area contributed by atoms with Crippen LogP contribution >= 0.6 is 0 Å². The Balaban J connectivity index is 0.000000103. The molecular formula is C25H21N3. The number of aromatic nitrogens is 3. The van der Waals surface area contributed by atoms with Crippen LogP contribution < -0.4 is 0 Å². The lowest BCUT2D eigenvalue weighted by Gasteiger charge is -1.91. The summed E-state index contributed by atoms with van der Waals surface area (Å²) < 4.78 is 0. The van der Waals surface area contributed by atoms with Crippen LogP contribution in [0.3, 0.4) is 0 Å². The lowest BCUT2D eigenvalue weighted by molar-refractivity contribution is 1.41. The Morgan fingerprint density at radius 3 is 1.54 bits per heavy atom. The smallest absolute Gasteiger partial charge is 0.0701 e. The Labute approximate surface area is 163 Å². The molecule has 0 saturated heterocycles. The highest BCUT2D eigenvalue weighted by atomic mass is 14.7. The molecule has 28 heavy (non-hydrogen) atoms. The molecule has 0 unspecified atom stereocenters. The summed E-state index contributed by atoms with van der Waals surface area (Å²) in [6, 6.07) is 32.7. The molecule has 0 aliphatic heterocycles. The highest BCUT2D eigenvalue weighted by Gasteiger charge is 1.88. The van der Waals surface area contributed by atoms with Gasteiger partial charge in [-0.25, -0.2) is 0 Å². The summed E-state index contributed by atoms with van der Waals surface area (Å²) in [7, 11) is 0. The summed E-state index contributed by atoms with van der Waals surface area (Å²) in [6.45, 7) is 0. The van der Waals surface area contributed by atoms with E-state index >= 15 is 0 Å². The molecule has 3 nitrogen and oxygen atoms in total. The summed E-state index contributed by atoms with van der Waals surface area (Å²) in [4.78, 5) is 10.4. The van der Waals surface area contributed by atoms with Crippen LogP contribution in [0.15, 0.2) is 116 Å². The molecular weight excluding hydrogens is 342 g/mol. The normalized spacial score (nSPS) is 10.1. The fourth-order valence-electron chi connectivity index (χ4n) is 3.01. The molecule has 0 bridgehead atoms. The first-order valence-electron chi connectivity index (χ1n) is 9.24. The van der Waals surface area contributed by atoms with E-state index in [0.717, 1.165) is 5.52 Å². The number of nitrogens with one attached hydrogen (secondary N) is 2. The number of para-hydroxylation sites is 3. The van der Waals surface area contributed by atoms with Crippen LogP contribution in [-0.4, -0.2) is 15.0 Å². The zero-order valence-electron chi connectivity index (χ0n) is 15.4. The summed E-state index contributed by atoms with van der Waals surface area (Å²) in [5.74, 6) is 0. The zero-order valence-corrected chi connectivity index (χ0v) is 15.4. The molecule has 0 aliphatic carbocycles. The van der Waals surface area contributed by atoms with Crippen LogP contribution in [0.4, 0.5) is 0 Å². The van der Waals surface area contributed by atoms with Gasteiger partial charge in [0, 0.05) is 35.0 Å². The number of H-pyrrole nitrogens is 2. The monoisotopic (exact) mass is 363 g/mol. The minimum Gasteiger partial charge on any atom is -0.361 e. The van der Waals surface area contributed by atoms with Crippen molar-refractivity contribution in [1.29, 1.82) is 0 Å². The van der Waals surface area contributed by atoms with Gasteiger partial charge in [-0.1, -0.05) is 60.7 Å². The van der Waals surface area contributed by atoms with Gasteiger partial charge >= 0.3 is 0 Å². The van der Waals surface area contributed by atoms with Gasteiger partial charge in [-0.3, -0.25) is 4.98 Å². The van der Waals surface area contributed by atoms with Gasteiger partial charge in [-0.2, -0.15) is 0 Å². The molecule has 3 heterocycles. The van der Waals surface area contributed by atoms with Crippen molar-refractivity contribution in [2.45, 2.75) is 0 Å². The average Bonchev–Trinajstić information content (AvgIpc) is 3.44. The lowest BCUT2D eigenvalue weighted by Crippen LogP contribution is -1.73. The van der Waals surface area contributed by atoms with Crippen molar-refractivity contribution in [3.05, 3.63) is 116 Å². The van der Waals surface area contributed by atoms with Crippen molar-refractivity contribution in [2.75, 3.05) is 0 Å². The van der Waals surface area contributed by atoms with Crippen molar-refractivity contribution < 1.29 is 0 Å². The van der Waals surface area contributed by atoms with Crippen LogP contribution in [0.1, 0.15) is 0 Å². The molecule has 0 atom stereocenters. The molecule has 0 saturated carbocycles. The number of pyridine rings is 1. The summed E-state index contributed by atoms with van der Waals surface area (Å²) in [5.41, 5.74) is 3.47. The van der Waals surface area contributed by atoms with E-state index in [2.05, 4.69) is 63.5 Å². The van der Waals surface area contributed by atoms with Gasteiger partial charge in [-0.05, 0) is 47.2 Å². The van der Waals surface area contributed by atoms with Crippen molar-refractivity contribution in [3.63, 3.8) is 0 Å². The fraction of sp³-hybridized carbons (Fsp3) is 0.